The van der Waals surface area contributed by atoms with Gasteiger partial charge in [0.15, 0.2) is 29.8 Å². The van der Waals surface area contributed by atoms with Gasteiger partial charge in [0, 0.05) is 23.1 Å². The summed E-state index contributed by atoms with van der Waals surface area (Å²) in [6, 6.07) is 1.13. The Bertz CT molecular complexity index is 1720. The number of methoxy groups -OCH3 is 1. The van der Waals surface area contributed by atoms with Gasteiger partial charge in [-0.2, -0.15) is 0 Å². The summed E-state index contributed by atoms with van der Waals surface area (Å²) in [6.07, 6.45) is -0.350. The molecular formula is C28H22O13. The zero-order valence-corrected chi connectivity index (χ0v) is 21.9. The average molecular weight is 566 g/mol. The van der Waals surface area contributed by atoms with Gasteiger partial charge in [-0.15, -0.1) is 0 Å². The summed E-state index contributed by atoms with van der Waals surface area (Å²) in [5, 5.41) is 52.6. The predicted molar refractivity (Wildman–Crippen MR) is 137 cm³/mol. The van der Waals surface area contributed by atoms with E-state index in [-0.39, 0.29) is 40.4 Å². The SMILES string of the molecule is COC(=O)c1c(C)c(Cc2c(O)c(C(=O)O)c(C)c3c2OC(=O)c2c(C)cc(O)c(C=O)c2O3)c(O)c(C=O)c1O. The summed E-state index contributed by atoms with van der Waals surface area (Å²) >= 11 is 0. The van der Waals surface area contributed by atoms with Gasteiger partial charge in [0.25, 0.3) is 0 Å². The molecule has 5 N–H and O–H groups in total. The number of hydrogen-bond acceptors (Lipinski definition) is 12. The lowest BCUT2D eigenvalue weighted by Gasteiger charge is -2.21. The first kappa shape index (κ1) is 28.4. The van der Waals surface area contributed by atoms with Crippen LogP contribution >= 0.6 is 0 Å². The molecule has 0 fully saturated rings. The summed E-state index contributed by atoms with van der Waals surface area (Å²) in [4.78, 5) is 61.4. The van der Waals surface area contributed by atoms with Gasteiger partial charge in [-0.3, -0.25) is 9.59 Å². The average Bonchev–Trinajstić information content (AvgIpc) is 3.05. The van der Waals surface area contributed by atoms with E-state index in [4.69, 9.17) is 9.47 Å². The van der Waals surface area contributed by atoms with Crippen LogP contribution in [0.2, 0.25) is 0 Å². The van der Waals surface area contributed by atoms with Crippen molar-refractivity contribution in [2.45, 2.75) is 27.2 Å². The Labute approximate surface area is 230 Å². The van der Waals surface area contributed by atoms with Crippen molar-refractivity contribution in [3.05, 3.63) is 61.7 Å². The van der Waals surface area contributed by atoms with Crippen LogP contribution in [-0.4, -0.2) is 63.1 Å². The minimum Gasteiger partial charge on any atom is -0.507 e. The summed E-state index contributed by atoms with van der Waals surface area (Å²) in [5.41, 5.74) is -3.38. The number of esters is 2. The van der Waals surface area contributed by atoms with Gasteiger partial charge in [0.05, 0.1) is 18.2 Å². The summed E-state index contributed by atoms with van der Waals surface area (Å²) in [5.74, 6) is -8.20. The Balaban J connectivity index is 2.10. The zero-order chi connectivity index (χ0) is 30.5. The monoisotopic (exact) mass is 566 g/mol. The fourth-order valence-corrected chi connectivity index (χ4v) is 4.79. The van der Waals surface area contributed by atoms with Crippen molar-refractivity contribution in [3.63, 3.8) is 0 Å². The largest absolute Gasteiger partial charge is 0.507 e. The smallest absolute Gasteiger partial charge is 0.347 e. The highest BCUT2D eigenvalue weighted by atomic mass is 16.6. The second kappa shape index (κ2) is 10.2. The van der Waals surface area contributed by atoms with E-state index in [1.807, 2.05) is 0 Å². The van der Waals surface area contributed by atoms with Crippen LogP contribution < -0.4 is 9.47 Å². The van der Waals surface area contributed by atoms with E-state index < -0.39 is 92.4 Å². The van der Waals surface area contributed by atoms with Crippen LogP contribution in [0.1, 0.15) is 79.6 Å². The minimum absolute atomic E-state index is 0.0776. The molecule has 41 heavy (non-hydrogen) atoms. The third kappa shape index (κ3) is 4.23. The maximum absolute atomic E-state index is 13.3. The lowest BCUT2D eigenvalue weighted by atomic mass is 9.89. The number of carbonyl (C=O) groups excluding carboxylic acids is 4. The van der Waals surface area contributed by atoms with Crippen LogP contribution in [0, 0.1) is 20.8 Å². The Kier molecular flexibility index (Phi) is 7.06. The first-order chi connectivity index (χ1) is 19.3. The second-order valence-corrected chi connectivity index (χ2v) is 9.11. The Morgan fingerprint density at radius 2 is 1.46 bits per heavy atom. The van der Waals surface area contributed by atoms with Gasteiger partial charge in [0.2, 0.25) is 0 Å². The molecule has 0 amide bonds. The Hall–Kier alpha value is -5.59. The van der Waals surface area contributed by atoms with E-state index in [0.717, 1.165) is 13.2 Å². The van der Waals surface area contributed by atoms with Gasteiger partial charge >= 0.3 is 17.9 Å². The highest BCUT2D eigenvalue weighted by Crippen LogP contribution is 2.51. The molecule has 0 aromatic heterocycles. The third-order valence-corrected chi connectivity index (χ3v) is 6.87. The van der Waals surface area contributed by atoms with Crippen molar-refractivity contribution >= 4 is 30.5 Å². The van der Waals surface area contributed by atoms with Crippen molar-refractivity contribution in [2.75, 3.05) is 7.11 Å². The number of fused-ring (bicyclic) bond motifs is 2. The highest BCUT2D eigenvalue weighted by molar-refractivity contribution is 6.03. The Morgan fingerprint density at radius 3 is 2.02 bits per heavy atom. The van der Waals surface area contributed by atoms with E-state index in [9.17, 15) is 49.5 Å². The number of aromatic hydroxyl groups is 4. The van der Waals surface area contributed by atoms with Crippen LogP contribution in [0.3, 0.4) is 0 Å². The number of aryl methyl sites for hydroxylation is 1. The van der Waals surface area contributed by atoms with Crippen molar-refractivity contribution in [1.29, 1.82) is 0 Å². The fraction of sp³-hybridized carbons (Fsp3) is 0.179. The molecule has 0 radical (unpaired) electrons. The molecular weight excluding hydrogens is 544 g/mol. The lowest BCUT2D eigenvalue weighted by Crippen LogP contribution is -2.13. The third-order valence-electron chi connectivity index (χ3n) is 6.87. The number of aldehydes is 2. The molecule has 0 unspecified atom stereocenters. The molecule has 0 saturated heterocycles. The number of carboxylic acids is 1. The van der Waals surface area contributed by atoms with Gasteiger partial charge < -0.3 is 39.7 Å². The summed E-state index contributed by atoms with van der Waals surface area (Å²) in [6.45, 7) is 3.96. The molecule has 0 atom stereocenters. The molecule has 3 aromatic rings. The van der Waals surface area contributed by atoms with Gasteiger partial charge in [-0.1, -0.05) is 0 Å². The van der Waals surface area contributed by atoms with Crippen molar-refractivity contribution in [1.82, 2.24) is 0 Å². The van der Waals surface area contributed by atoms with Crippen LogP contribution in [0.15, 0.2) is 6.07 Å². The standard InChI is InChI=1S/C28H22O13/c1-9-5-16(31)14(7-29)24-17(9)28(38)41-25-13(21(33)18(26(35)36)11(3)23(25)40-24)6-12-10(2)19(27(37)39-4)22(34)15(8-30)20(12)32/h5,7-8,31-34H,6H2,1-4H3,(H,35,36). The zero-order valence-electron chi connectivity index (χ0n) is 21.9. The molecule has 212 valence electrons. The first-order valence-electron chi connectivity index (χ1n) is 11.7. The minimum atomic E-state index is -1.62. The number of carboxylic acid groups (broad SMARTS) is 1. The molecule has 1 aliphatic heterocycles. The predicted octanol–water partition coefficient (Wildman–Crippen LogP) is 3.46. The second-order valence-electron chi connectivity index (χ2n) is 9.11. The molecule has 0 bridgehead atoms. The Morgan fingerprint density at radius 1 is 0.829 bits per heavy atom. The number of ether oxygens (including phenoxy) is 3. The van der Waals surface area contributed by atoms with Gasteiger partial charge in [-0.05, 0) is 38.0 Å². The van der Waals surface area contributed by atoms with E-state index in [1.165, 1.54) is 20.8 Å². The maximum Gasteiger partial charge on any atom is 0.347 e. The van der Waals surface area contributed by atoms with E-state index >= 15 is 0 Å². The fourth-order valence-electron chi connectivity index (χ4n) is 4.79. The maximum atomic E-state index is 13.3. The molecule has 13 nitrogen and oxygen atoms in total. The van der Waals surface area contributed by atoms with Gasteiger partial charge in [0.1, 0.15) is 39.7 Å². The topological polar surface area (TPSA) is 214 Å². The summed E-state index contributed by atoms with van der Waals surface area (Å²) < 4.78 is 16.1. The number of phenols is 4. The first-order valence-corrected chi connectivity index (χ1v) is 11.7. The number of aromatic carboxylic acids is 1. The van der Waals surface area contributed by atoms with Crippen molar-refractivity contribution in [3.8, 4) is 40.2 Å². The number of rotatable bonds is 6. The molecule has 1 aliphatic rings. The van der Waals surface area contributed by atoms with Crippen molar-refractivity contribution in [2.24, 2.45) is 0 Å². The van der Waals surface area contributed by atoms with E-state index in [2.05, 4.69) is 4.74 Å². The highest BCUT2D eigenvalue weighted by Gasteiger charge is 2.36. The van der Waals surface area contributed by atoms with E-state index in [1.54, 1.807) is 0 Å². The normalized spacial score (nSPS) is 11.9. The van der Waals surface area contributed by atoms with Crippen LogP contribution in [0.25, 0.3) is 0 Å². The van der Waals surface area contributed by atoms with Crippen LogP contribution in [0.4, 0.5) is 0 Å². The lowest BCUT2D eigenvalue weighted by molar-refractivity contribution is 0.0594. The molecule has 0 aliphatic carbocycles. The molecule has 1 heterocycles. The van der Waals surface area contributed by atoms with E-state index in [0.29, 0.717) is 0 Å². The number of carbonyl (C=O) groups is 5. The number of benzene rings is 3. The molecule has 0 saturated carbocycles. The quantitative estimate of drug-likeness (QED) is 0.164. The van der Waals surface area contributed by atoms with Crippen LogP contribution in [-0.2, 0) is 11.2 Å². The van der Waals surface area contributed by atoms with Crippen LogP contribution in [0.5, 0.6) is 40.2 Å². The molecule has 0 spiro atoms. The molecule has 4 rings (SSSR count). The van der Waals surface area contributed by atoms with Gasteiger partial charge in [-0.25, -0.2) is 14.4 Å². The molecule has 3 aromatic carbocycles. The number of phenolic OH excluding ortho intramolecular Hbond substituents is 3. The molecule has 13 heteroatoms. The number of hydrogen-bond donors (Lipinski definition) is 5. The van der Waals surface area contributed by atoms with Crippen molar-refractivity contribution < 1.29 is 63.7 Å². The summed E-state index contributed by atoms with van der Waals surface area (Å²) in [7, 11) is 1.01.